The molecular weight excluding hydrogens is 401 g/mol. The quantitative estimate of drug-likeness (QED) is 0.506. The van der Waals surface area contributed by atoms with Crippen molar-refractivity contribution in [3.63, 3.8) is 0 Å². The number of halogens is 2. The third-order valence-corrected chi connectivity index (χ3v) is 4.59. The summed E-state index contributed by atoms with van der Waals surface area (Å²) in [7, 11) is 0. The van der Waals surface area contributed by atoms with Crippen molar-refractivity contribution >= 4 is 28.8 Å². The van der Waals surface area contributed by atoms with Gasteiger partial charge in [-0.25, -0.2) is 14.9 Å². The maximum Gasteiger partial charge on any atom is 0.274 e. The Morgan fingerprint density at radius 3 is 2.79 bits per heavy atom. The molecule has 0 aliphatic rings. The van der Waals surface area contributed by atoms with Crippen LogP contribution in [0, 0.1) is 24.6 Å². The van der Waals surface area contributed by atoms with E-state index in [4.69, 9.17) is 16.4 Å². The molecule has 3 rings (SSSR count). The van der Waals surface area contributed by atoms with Gasteiger partial charge in [0.05, 0.1) is 10.7 Å². The van der Waals surface area contributed by atoms with Gasteiger partial charge in [-0.3, -0.25) is 14.6 Å². The zero-order chi connectivity index (χ0) is 19.9. The number of thiazole rings is 1. The summed E-state index contributed by atoms with van der Waals surface area (Å²) in [5.41, 5.74) is 2.92. The number of amides is 1. The number of rotatable bonds is 5. The molecule has 1 aromatic carbocycles. The van der Waals surface area contributed by atoms with E-state index >= 15 is 0 Å². The number of hydrogen-bond donors (Lipinski definition) is 1. The molecule has 0 fully saturated rings. The molecule has 1 N–H and O–H groups in total. The molecule has 2 heterocycles. The summed E-state index contributed by atoms with van der Waals surface area (Å²) in [6, 6.07) is 9.75. The molecule has 0 aliphatic carbocycles. The van der Waals surface area contributed by atoms with Gasteiger partial charge in [0.25, 0.3) is 5.91 Å². The Bertz CT molecular complexity index is 1030. The smallest absolute Gasteiger partial charge is 0.267 e. The molecule has 28 heavy (non-hydrogen) atoms. The van der Waals surface area contributed by atoms with Gasteiger partial charge in [-0.2, -0.15) is 0 Å². The Labute approximate surface area is 170 Å². The fourth-order valence-electron chi connectivity index (χ4n) is 2.22. The van der Waals surface area contributed by atoms with Crippen LogP contribution in [0.5, 0.6) is 0 Å². The predicted molar refractivity (Wildman–Crippen MR) is 105 cm³/mol. The number of carbonyl (C=O) groups is 1. The molecule has 8 heteroatoms. The van der Waals surface area contributed by atoms with Gasteiger partial charge in [0, 0.05) is 29.3 Å². The number of pyridine rings is 1. The lowest BCUT2D eigenvalue weighted by Gasteiger charge is -2.13. The summed E-state index contributed by atoms with van der Waals surface area (Å²) in [6.07, 6.45) is 2.24. The molecule has 1 amide bonds. The van der Waals surface area contributed by atoms with Crippen LogP contribution in [0.3, 0.4) is 0 Å². The minimum Gasteiger partial charge on any atom is -0.267 e. The topological polar surface area (TPSA) is 64.1 Å². The van der Waals surface area contributed by atoms with Crippen LogP contribution in [0.1, 0.15) is 25.9 Å². The van der Waals surface area contributed by atoms with Crippen molar-refractivity contribution in [3.05, 3.63) is 80.8 Å². The first kappa shape index (κ1) is 20.0. The molecule has 0 spiro atoms. The summed E-state index contributed by atoms with van der Waals surface area (Å²) in [5.74, 6) is 4.76. The van der Waals surface area contributed by atoms with E-state index in [1.54, 1.807) is 36.5 Å². The number of hydrogen-bond acceptors (Lipinski definition) is 5. The van der Waals surface area contributed by atoms with Crippen molar-refractivity contribution in [2.75, 3.05) is 0 Å². The summed E-state index contributed by atoms with van der Waals surface area (Å²) in [5, 5.41) is 0.797. The highest BCUT2D eigenvalue weighted by molar-refractivity contribution is 7.12. The summed E-state index contributed by atoms with van der Waals surface area (Å²) in [6.45, 7) is 1.92. The number of benzene rings is 1. The Hall–Kier alpha value is -2.79. The summed E-state index contributed by atoms with van der Waals surface area (Å²) >= 11 is 7.17. The molecule has 0 saturated heterocycles. The lowest BCUT2D eigenvalue weighted by Crippen LogP contribution is -2.30. The van der Waals surface area contributed by atoms with Gasteiger partial charge >= 0.3 is 0 Å². The maximum absolute atomic E-state index is 14.1. The zero-order valence-electron chi connectivity index (χ0n) is 14.8. The van der Waals surface area contributed by atoms with E-state index in [2.05, 4.69) is 27.3 Å². The highest BCUT2D eigenvalue weighted by Crippen LogP contribution is 2.14. The van der Waals surface area contributed by atoms with Crippen molar-refractivity contribution in [2.24, 2.45) is 0 Å². The zero-order valence-corrected chi connectivity index (χ0v) is 16.4. The van der Waals surface area contributed by atoms with Gasteiger partial charge in [-0.1, -0.05) is 35.7 Å². The van der Waals surface area contributed by atoms with Crippen LogP contribution in [-0.4, -0.2) is 22.0 Å². The minimum atomic E-state index is -0.833. The standard InChI is InChI=1S/C20H15ClFN3O2S/c1-13-11-24-19(28-13)8-7-16(10-18-17(22)9-15(21)12-23-18)27-25-20(26)14-5-3-2-4-6-14/h2-6,9,11-12,16H,10H2,1H3,(H,25,26). The molecule has 5 nitrogen and oxygen atoms in total. The highest BCUT2D eigenvalue weighted by atomic mass is 35.5. The first-order valence-corrected chi connectivity index (χ1v) is 9.45. The number of aryl methyl sites for hydroxylation is 1. The average molecular weight is 416 g/mol. The van der Waals surface area contributed by atoms with E-state index in [0.29, 0.717) is 10.6 Å². The van der Waals surface area contributed by atoms with Gasteiger partial charge in [0.1, 0.15) is 5.82 Å². The first-order chi connectivity index (χ1) is 13.5. The molecule has 0 saturated carbocycles. The number of carbonyl (C=O) groups excluding carboxylic acids is 1. The van der Waals surface area contributed by atoms with Crippen LogP contribution in [0.15, 0.2) is 48.8 Å². The Kier molecular flexibility index (Phi) is 6.71. The SMILES string of the molecule is Cc1cnc(C#CC(Cc2ncc(Cl)cc2F)ONC(=O)c2ccccc2)s1. The van der Waals surface area contributed by atoms with Crippen molar-refractivity contribution < 1.29 is 14.0 Å². The van der Waals surface area contributed by atoms with Gasteiger partial charge in [0.15, 0.2) is 11.1 Å². The van der Waals surface area contributed by atoms with Crippen molar-refractivity contribution in [3.8, 4) is 11.8 Å². The third kappa shape index (κ3) is 5.60. The molecule has 3 aromatic rings. The molecule has 142 valence electrons. The van der Waals surface area contributed by atoms with Crippen molar-refractivity contribution in [1.82, 2.24) is 15.4 Å². The minimum absolute atomic E-state index is 0.0232. The molecular formula is C20H15ClFN3O2S. The largest absolute Gasteiger partial charge is 0.274 e. The van der Waals surface area contributed by atoms with E-state index in [1.165, 1.54) is 23.6 Å². The normalized spacial score (nSPS) is 11.4. The number of nitrogens with one attached hydrogen (secondary N) is 1. The van der Waals surface area contributed by atoms with Crippen molar-refractivity contribution in [2.45, 2.75) is 19.4 Å². The summed E-state index contributed by atoms with van der Waals surface area (Å²) in [4.78, 5) is 26.8. The van der Waals surface area contributed by atoms with Gasteiger partial charge in [0.2, 0.25) is 0 Å². The van der Waals surface area contributed by atoms with E-state index in [-0.39, 0.29) is 17.1 Å². The highest BCUT2D eigenvalue weighted by Gasteiger charge is 2.15. The summed E-state index contributed by atoms with van der Waals surface area (Å²) < 4.78 is 14.1. The fourth-order valence-corrected chi connectivity index (χ4v) is 2.99. The van der Waals surface area contributed by atoms with Crippen LogP contribution in [-0.2, 0) is 11.3 Å². The Morgan fingerprint density at radius 1 is 1.32 bits per heavy atom. The van der Waals surface area contributed by atoms with E-state index in [9.17, 15) is 9.18 Å². The van der Waals surface area contributed by atoms with Crippen LogP contribution < -0.4 is 5.48 Å². The lowest BCUT2D eigenvalue weighted by molar-refractivity contribution is 0.00773. The lowest BCUT2D eigenvalue weighted by atomic mass is 10.2. The van der Waals surface area contributed by atoms with Gasteiger partial charge in [-0.05, 0) is 31.0 Å². The van der Waals surface area contributed by atoms with Crippen LogP contribution in [0.25, 0.3) is 0 Å². The first-order valence-electron chi connectivity index (χ1n) is 8.26. The molecule has 0 aliphatic heterocycles. The molecule has 1 atom stereocenters. The number of aromatic nitrogens is 2. The second-order valence-corrected chi connectivity index (χ2v) is 7.41. The Morgan fingerprint density at radius 2 is 2.11 bits per heavy atom. The third-order valence-electron chi connectivity index (χ3n) is 3.55. The molecule has 2 aromatic heterocycles. The second-order valence-electron chi connectivity index (χ2n) is 5.74. The van der Waals surface area contributed by atoms with Crippen LogP contribution in [0.2, 0.25) is 5.02 Å². The maximum atomic E-state index is 14.1. The van der Waals surface area contributed by atoms with Gasteiger partial charge in [-0.15, -0.1) is 11.3 Å². The van der Waals surface area contributed by atoms with E-state index < -0.39 is 17.8 Å². The molecule has 0 bridgehead atoms. The van der Waals surface area contributed by atoms with E-state index in [0.717, 1.165) is 4.88 Å². The number of hydroxylamine groups is 1. The fraction of sp³-hybridized carbons (Fsp3) is 0.150. The average Bonchev–Trinajstić information content (AvgIpc) is 3.11. The Balaban J connectivity index is 1.75. The second kappa shape index (κ2) is 9.42. The van der Waals surface area contributed by atoms with Crippen molar-refractivity contribution in [1.29, 1.82) is 0 Å². The molecule has 1 unspecified atom stereocenters. The van der Waals surface area contributed by atoms with Crippen LogP contribution >= 0.6 is 22.9 Å². The van der Waals surface area contributed by atoms with Crippen LogP contribution in [0.4, 0.5) is 4.39 Å². The molecule has 0 radical (unpaired) electrons. The monoisotopic (exact) mass is 415 g/mol. The van der Waals surface area contributed by atoms with Gasteiger partial charge < -0.3 is 0 Å². The number of nitrogens with zero attached hydrogens (tertiary/aromatic N) is 2. The predicted octanol–water partition coefficient (Wildman–Crippen LogP) is 3.96. The van der Waals surface area contributed by atoms with E-state index in [1.807, 2.05) is 6.92 Å².